The Morgan fingerprint density at radius 1 is 1.14 bits per heavy atom. The van der Waals surface area contributed by atoms with Crippen LogP contribution >= 0.6 is 0 Å². The van der Waals surface area contributed by atoms with Crippen LogP contribution in [-0.4, -0.2) is 20.0 Å². The molecule has 2 aromatic heterocycles. The van der Waals surface area contributed by atoms with Crippen LogP contribution in [0.15, 0.2) is 42.7 Å². The van der Waals surface area contributed by atoms with Crippen LogP contribution in [0, 0.1) is 13.8 Å². The Morgan fingerprint density at radius 2 is 2.00 bits per heavy atom. The van der Waals surface area contributed by atoms with Crippen LogP contribution in [0.25, 0.3) is 5.69 Å². The van der Waals surface area contributed by atoms with Gasteiger partial charge in [0.15, 0.2) is 0 Å². The normalized spacial score (nSPS) is 11.0. The van der Waals surface area contributed by atoms with Crippen molar-refractivity contribution in [2.24, 2.45) is 0 Å². The van der Waals surface area contributed by atoms with Crippen molar-refractivity contribution >= 4 is 0 Å². The number of benzene rings is 1. The molecule has 108 valence electrons. The fourth-order valence-electron chi connectivity index (χ4n) is 2.45. The third-order valence-corrected chi connectivity index (χ3v) is 3.64. The molecular weight excluding hydrogens is 262 g/mol. The average molecular weight is 281 g/mol. The Balaban J connectivity index is 1.72. The maximum atomic E-state index is 4.31. The van der Waals surface area contributed by atoms with E-state index in [-0.39, 0.29) is 0 Å². The van der Waals surface area contributed by atoms with E-state index in [9.17, 15) is 0 Å². The molecule has 0 radical (unpaired) electrons. The molecule has 0 fully saturated rings. The number of aromatic amines is 1. The fourth-order valence-corrected chi connectivity index (χ4v) is 2.45. The van der Waals surface area contributed by atoms with E-state index in [0.29, 0.717) is 0 Å². The Kier molecular flexibility index (Phi) is 3.83. The van der Waals surface area contributed by atoms with E-state index in [2.05, 4.69) is 45.7 Å². The minimum absolute atomic E-state index is 0.792. The van der Waals surface area contributed by atoms with Crippen molar-refractivity contribution in [3.8, 4) is 5.69 Å². The summed E-state index contributed by atoms with van der Waals surface area (Å²) >= 11 is 0. The molecule has 0 spiro atoms. The average Bonchev–Trinajstić information content (AvgIpc) is 3.13. The molecule has 2 heterocycles. The number of para-hydroxylation sites is 1. The van der Waals surface area contributed by atoms with Crippen LogP contribution in [-0.2, 0) is 13.1 Å². The molecule has 3 rings (SSSR count). The summed E-state index contributed by atoms with van der Waals surface area (Å²) in [4.78, 5) is 0. The molecule has 21 heavy (non-hydrogen) atoms. The molecule has 0 aliphatic carbocycles. The van der Waals surface area contributed by atoms with Gasteiger partial charge in [-0.25, -0.2) is 4.68 Å². The van der Waals surface area contributed by atoms with Gasteiger partial charge in [-0.05, 0) is 31.5 Å². The van der Waals surface area contributed by atoms with E-state index in [0.717, 1.165) is 30.2 Å². The lowest BCUT2D eigenvalue weighted by Gasteiger charge is -2.10. The van der Waals surface area contributed by atoms with Crippen molar-refractivity contribution in [1.29, 1.82) is 0 Å². The summed E-state index contributed by atoms with van der Waals surface area (Å²) in [5, 5.41) is 15.0. The summed E-state index contributed by atoms with van der Waals surface area (Å²) in [5.41, 5.74) is 5.75. The summed E-state index contributed by atoms with van der Waals surface area (Å²) in [7, 11) is 0. The molecule has 3 aromatic rings. The molecule has 0 amide bonds. The van der Waals surface area contributed by atoms with Crippen molar-refractivity contribution in [2.75, 3.05) is 0 Å². The number of nitrogens with one attached hydrogen (secondary N) is 2. The second kappa shape index (κ2) is 5.93. The van der Waals surface area contributed by atoms with E-state index >= 15 is 0 Å². The fraction of sp³-hybridized carbons (Fsp3) is 0.250. The Morgan fingerprint density at radius 3 is 2.71 bits per heavy atom. The summed E-state index contributed by atoms with van der Waals surface area (Å²) < 4.78 is 1.89. The Labute approximate surface area is 124 Å². The van der Waals surface area contributed by atoms with Crippen LogP contribution in [0.1, 0.15) is 22.5 Å². The number of aromatic nitrogens is 4. The molecule has 1 aromatic carbocycles. The number of nitrogens with zero attached hydrogens (tertiary/aromatic N) is 3. The van der Waals surface area contributed by atoms with Crippen molar-refractivity contribution in [3.63, 3.8) is 0 Å². The SMILES string of the molecule is Cc1n[nH]c(C)c1CNCc1ccccc1-n1cccn1. The minimum Gasteiger partial charge on any atom is -0.308 e. The molecule has 5 nitrogen and oxygen atoms in total. The van der Waals surface area contributed by atoms with E-state index in [1.54, 1.807) is 6.20 Å². The highest BCUT2D eigenvalue weighted by atomic mass is 15.3. The molecule has 0 saturated carbocycles. The molecule has 0 unspecified atom stereocenters. The van der Waals surface area contributed by atoms with Gasteiger partial charge >= 0.3 is 0 Å². The van der Waals surface area contributed by atoms with Crippen molar-refractivity contribution in [1.82, 2.24) is 25.3 Å². The molecule has 0 atom stereocenters. The lowest BCUT2D eigenvalue weighted by Crippen LogP contribution is -2.15. The van der Waals surface area contributed by atoms with E-state index in [1.165, 1.54) is 11.1 Å². The molecule has 0 saturated heterocycles. The van der Waals surface area contributed by atoms with Gasteiger partial charge in [0, 0.05) is 36.7 Å². The monoisotopic (exact) mass is 281 g/mol. The molecule has 0 aliphatic heterocycles. The highest BCUT2D eigenvalue weighted by Gasteiger charge is 2.07. The highest BCUT2D eigenvalue weighted by Crippen LogP contribution is 2.14. The minimum atomic E-state index is 0.792. The standard InChI is InChI=1S/C16H19N5/c1-12-15(13(2)20-19-12)11-17-10-14-6-3-4-7-16(14)21-9-5-8-18-21/h3-9,17H,10-11H2,1-2H3,(H,19,20). The first-order chi connectivity index (χ1) is 10.3. The van der Waals surface area contributed by atoms with Gasteiger partial charge in [-0.15, -0.1) is 0 Å². The first-order valence-electron chi connectivity index (χ1n) is 7.05. The number of H-pyrrole nitrogens is 1. The molecule has 2 N–H and O–H groups in total. The van der Waals surface area contributed by atoms with Crippen molar-refractivity contribution < 1.29 is 0 Å². The predicted molar refractivity (Wildman–Crippen MR) is 82.2 cm³/mol. The van der Waals surface area contributed by atoms with Crippen molar-refractivity contribution in [2.45, 2.75) is 26.9 Å². The van der Waals surface area contributed by atoms with Crippen LogP contribution < -0.4 is 5.32 Å². The van der Waals surface area contributed by atoms with Crippen LogP contribution in [0.2, 0.25) is 0 Å². The number of hydrogen-bond acceptors (Lipinski definition) is 3. The van der Waals surface area contributed by atoms with Gasteiger partial charge in [0.25, 0.3) is 0 Å². The summed E-state index contributed by atoms with van der Waals surface area (Å²) in [6.07, 6.45) is 3.76. The molecular formula is C16H19N5. The number of hydrogen-bond donors (Lipinski definition) is 2. The van der Waals surface area contributed by atoms with E-state index in [1.807, 2.05) is 29.9 Å². The summed E-state index contributed by atoms with van der Waals surface area (Å²) in [5.74, 6) is 0. The molecule has 0 bridgehead atoms. The predicted octanol–water partition coefficient (Wildman–Crippen LogP) is 2.50. The first-order valence-corrected chi connectivity index (χ1v) is 7.05. The van der Waals surface area contributed by atoms with Gasteiger partial charge in [0.05, 0.1) is 11.4 Å². The largest absolute Gasteiger partial charge is 0.308 e. The van der Waals surface area contributed by atoms with Gasteiger partial charge in [-0.3, -0.25) is 5.10 Å². The lowest BCUT2D eigenvalue weighted by atomic mass is 10.1. The molecule has 5 heteroatoms. The zero-order valence-corrected chi connectivity index (χ0v) is 12.3. The third-order valence-electron chi connectivity index (χ3n) is 3.64. The topological polar surface area (TPSA) is 58.5 Å². The van der Waals surface area contributed by atoms with Gasteiger partial charge in [0.2, 0.25) is 0 Å². The Bertz CT molecular complexity index is 693. The van der Waals surface area contributed by atoms with Crippen LogP contribution in [0.3, 0.4) is 0 Å². The number of aryl methyl sites for hydroxylation is 2. The maximum absolute atomic E-state index is 4.31. The zero-order chi connectivity index (χ0) is 14.7. The van der Waals surface area contributed by atoms with Gasteiger partial charge in [0.1, 0.15) is 0 Å². The zero-order valence-electron chi connectivity index (χ0n) is 12.3. The van der Waals surface area contributed by atoms with Gasteiger partial charge in [-0.2, -0.15) is 10.2 Å². The van der Waals surface area contributed by atoms with Crippen LogP contribution in [0.4, 0.5) is 0 Å². The molecule has 0 aliphatic rings. The quantitative estimate of drug-likeness (QED) is 0.755. The van der Waals surface area contributed by atoms with Crippen molar-refractivity contribution in [3.05, 3.63) is 65.2 Å². The second-order valence-electron chi connectivity index (χ2n) is 5.10. The third kappa shape index (κ3) is 2.87. The maximum Gasteiger partial charge on any atom is 0.0690 e. The summed E-state index contributed by atoms with van der Waals surface area (Å²) in [6, 6.07) is 10.2. The van der Waals surface area contributed by atoms with Gasteiger partial charge < -0.3 is 5.32 Å². The second-order valence-corrected chi connectivity index (χ2v) is 5.10. The van der Waals surface area contributed by atoms with E-state index in [4.69, 9.17) is 0 Å². The lowest BCUT2D eigenvalue weighted by molar-refractivity contribution is 0.681. The van der Waals surface area contributed by atoms with E-state index < -0.39 is 0 Å². The smallest absolute Gasteiger partial charge is 0.0690 e. The summed E-state index contributed by atoms with van der Waals surface area (Å²) in [6.45, 7) is 5.68. The first kappa shape index (κ1) is 13.6. The highest BCUT2D eigenvalue weighted by molar-refractivity contribution is 5.40. The van der Waals surface area contributed by atoms with Crippen LogP contribution in [0.5, 0.6) is 0 Å². The number of rotatable bonds is 5. The van der Waals surface area contributed by atoms with Gasteiger partial charge in [-0.1, -0.05) is 18.2 Å². The Hall–Kier alpha value is -2.40.